The van der Waals surface area contributed by atoms with E-state index in [9.17, 15) is 9.59 Å². The second-order valence-corrected chi connectivity index (χ2v) is 7.30. The molecule has 2 bridgehead atoms. The third kappa shape index (κ3) is 1.19. The predicted molar refractivity (Wildman–Crippen MR) is 78.0 cm³/mol. The van der Waals surface area contributed by atoms with Crippen molar-refractivity contribution >= 4 is 17.5 Å². The Kier molecular flexibility index (Phi) is 2.14. The molecule has 3 aliphatic rings. The lowest BCUT2D eigenvalue weighted by Crippen LogP contribution is -2.64. The molecular formula is C17H19NO3. The van der Waals surface area contributed by atoms with Gasteiger partial charge in [0.05, 0.1) is 23.6 Å². The van der Waals surface area contributed by atoms with Gasteiger partial charge >= 0.3 is 0 Å². The highest BCUT2D eigenvalue weighted by Gasteiger charge is 2.76. The van der Waals surface area contributed by atoms with Crippen LogP contribution in [0.15, 0.2) is 18.2 Å². The van der Waals surface area contributed by atoms with Gasteiger partial charge in [-0.25, -0.2) is 4.90 Å². The zero-order valence-corrected chi connectivity index (χ0v) is 12.8. The second kappa shape index (κ2) is 3.49. The van der Waals surface area contributed by atoms with E-state index in [1.807, 2.05) is 32.0 Å². The molecule has 3 atom stereocenters. The second-order valence-electron chi connectivity index (χ2n) is 7.30. The molecule has 1 aromatic carbocycles. The molecule has 0 unspecified atom stereocenters. The summed E-state index contributed by atoms with van der Waals surface area (Å²) in [6.07, 6.45) is 0. The maximum absolute atomic E-state index is 13.0. The number of para-hydroxylation sites is 1. The van der Waals surface area contributed by atoms with Gasteiger partial charge in [-0.1, -0.05) is 26.0 Å². The van der Waals surface area contributed by atoms with E-state index in [4.69, 9.17) is 4.74 Å². The number of fused-ring (bicyclic) bond motifs is 3. The van der Waals surface area contributed by atoms with Crippen molar-refractivity contribution in [1.82, 2.24) is 0 Å². The molecule has 1 aromatic rings. The third-order valence-electron chi connectivity index (χ3n) is 5.93. The van der Waals surface area contributed by atoms with E-state index in [-0.39, 0.29) is 29.1 Å². The first-order valence-electron chi connectivity index (χ1n) is 7.42. The Morgan fingerprint density at radius 2 is 1.95 bits per heavy atom. The minimum atomic E-state index is -0.611. The Labute approximate surface area is 124 Å². The number of anilines is 1. The number of nitrogens with zero attached hydrogens (tertiary/aromatic N) is 1. The fraction of sp³-hybridized carbons (Fsp3) is 0.529. The zero-order chi connectivity index (χ0) is 15.2. The quantitative estimate of drug-likeness (QED) is 0.688. The molecule has 4 rings (SSSR count). The maximum Gasteiger partial charge on any atom is 0.241 e. The van der Waals surface area contributed by atoms with Crippen molar-refractivity contribution < 1.29 is 14.3 Å². The molecule has 2 heterocycles. The summed E-state index contributed by atoms with van der Waals surface area (Å²) >= 11 is 0. The van der Waals surface area contributed by atoms with Crippen LogP contribution in [0.4, 0.5) is 5.69 Å². The molecule has 1 saturated carbocycles. The van der Waals surface area contributed by atoms with Crippen LogP contribution in [0.3, 0.4) is 0 Å². The summed E-state index contributed by atoms with van der Waals surface area (Å²) in [5.74, 6) is 0.356. The Bertz CT molecular complexity index is 693. The van der Waals surface area contributed by atoms with E-state index in [0.717, 1.165) is 5.56 Å². The summed E-state index contributed by atoms with van der Waals surface area (Å²) < 4.78 is 5.99. The van der Waals surface area contributed by atoms with E-state index in [1.54, 1.807) is 0 Å². The topological polar surface area (TPSA) is 46.6 Å². The van der Waals surface area contributed by atoms with Crippen LogP contribution in [-0.4, -0.2) is 18.4 Å². The molecule has 0 radical (unpaired) electrons. The summed E-state index contributed by atoms with van der Waals surface area (Å²) in [7, 11) is 0. The third-order valence-corrected chi connectivity index (χ3v) is 5.93. The average molecular weight is 285 g/mol. The van der Waals surface area contributed by atoms with Gasteiger partial charge in [0.1, 0.15) is 5.75 Å². The minimum absolute atomic E-state index is 0.0549. The van der Waals surface area contributed by atoms with Crippen molar-refractivity contribution in [3.8, 4) is 5.75 Å². The zero-order valence-electron chi connectivity index (χ0n) is 12.8. The summed E-state index contributed by atoms with van der Waals surface area (Å²) in [5, 5.41) is 0. The molecule has 2 aliphatic heterocycles. The molecule has 2 fully saturated rings. The standard InChI is InChI=1S/C17H19NO3/c1-9-6-5-7-10-12(9)18-14(19)13-16(2,3)11(8-21-10)17(13,4)15(18)20/h5-7,11,13H,8H2,1-4H3/t11-,13+,17-/m0/s1. The summed E-state index contributed by atoms with van der Waals surface area (Å²) in [4.78, 5) is 27.3. The van der Waals surface area contributed by atoms with Crippen LogP contribution in [0.1, 0.15) is 26.3 Å². The number of rotatable bonds is 0. The number of amides is 2. The Morgan fingerprint density at radius 3 is 2.67 bits per heavy atom. The first kappa shape index (κ1) is 12.9. The van der Waals surface area contributed by atoms with Gasteiger partial charge < -0.3 is 4.74 Å². The maximum atomic E-state index is 13.0. The van der Waals surface area contributed by atoms with Gasteiger partial charge in [0.25, 0.3) is 0 Å². The van der Waals surface area contributed by atoms with Crippen LogP contribution in [0.25, 0.3) is 0 Å². The van der Waals surface area contributed by atoms with Crippen molar-refractivity contribution in [3.05, 3.63) is 23.8 Å². The molecule has 4 nitrogen and oxygen atoms in total. The molecule has 1 aliphatic carbocycles. The Balaban J connectivity index is 2.00. The first-order chi connectivity index (χ1) is 9.81. The number of benzene rings is 1. The highest BCUT2D eigenvalue weighted by atomic mass is 16.5. The molecule has 0 spiro atoms. The van der Waals surface area contributed by atoms with Gasteiger partial charge in [0.15, 0.2) is 0 Å². The number of imide groups is 1. The van der Waals surface area contributed by atoms with Crippen molar-refractivity contribution in [3.63, 3.8) is 0 Å². The molecule has 2 amide bonds. The van der Waals surface area contributed by atoms with Crippen LogP contribution >= 0.6 is 0 Å². The fourth-order valence-electron chi connectivity index (χ4n) is 4.98. The van der Waals surface area contributed by atoms with Gasteiger partial charge in [-0.2, -0.15) is 0 Å². The van der Waals surface area contributed by atoms with Crippen molar-refractivity contribution in [1.29, 1.82) is 0 Å². The van der Waals surface area contributed by atoms with Gasteiger partial charge in [-0.05, 0) is 30.9 Å². The first-order valence-corrected chi connectivity index (χ1v) is 7.42. The molecule has 1 saturated heterocycles. The van der Waals surface area contributed by atoms with Gasteiger partial charge in [0.2, 0.25) is 11.8 Å². The summed E-state index contributed by atoms with van der Waals surface area (Å²) in [6, 6.07) is 5.65. The lowest BCUT2D eigenvalue weighted by atomic mass is 9.41. The highest BCUT2D eigenvalue weighted by Crippen LogP contribution is 2.69. The van der Waals surface area contributed by atoms with E-state index in [2.05, 4.69) is 13.8 Å². The Morgan fingerprint density at radius 1 is 1.24 bits per heavy atom. The summed E-state index contributed by atoms with van der Waals surface area (Å²) in [5.41, 5.74) is 0.722. The molecule has 21 heavy (non-hydrogen) atoms. The van der Waals surface area contributed by atoms with E-state index >= 15 is 0 Å². The summed E-state index contributed by atoms with van der Waals surface area (Å²) in [6.45, 7) is 8.48. The lowest BCUT2D eigenvalue weighted by molar-refractivity contribution is -0.181. The predicted octanol–water partition coefficient (Wildman–Crippen LogP) is 2.54. The SMILES string of the molecule is Cc1cccc2c1N1C(=O)[C@@H]3C(C)(C)[C@H](CO2)[C@]3(C)C1=O. The number of carbonyl (C=O) groups is 2. The number of ether oxygens (including phenoxy) is 1. The van der Waals surface area contributed by atoms with Crippen molar-refractivity contribution in [2.24, 2.45) is 22.7 Å². The van der Waals surface area contributed by atoms with Crippen LogP contribution < -0.4 is 9.64 Å². The number of carbonyl (C=O) groups excluding carboxylic acids is 2. The number of hydrogen-bond acceptors (Lipinski definition) is 3. The van der Waals surface area contributed by atoms with Crippen LogP contribution in [-0.2, 0) is 9.59 Å². The van der Waals surface area contributed by atoms with Crippen molar-refractivity contribution in [2.75, 3.05) is 11.5 Å². The largest absolute Gasteiger partial charge is 0.491 e. The molecular weight excluding hydrogens is 266 g/mol. The van der Waals surface area contributed by atoms with Crippen LogP contribution in [0, 0.1) is 29.6 Å². The average Bonchev–Trinajstić information content (AvgIpc) is 2.61. The van der Waals surface area contributed by atoms with Gasteiger partial charge in [0, 0.05) is 5.92 Å². The lowest BCUT2D eigenvalue weighted by Gasteiger charge is -2.59. The fourth-order valence-corrected chi connectivity index (χ4v) is 4.98. The number of hydrogen-bond donors (Lipinski definition) is 0. The van der Waals surface area contributed by atoms with Gasteiger partial charge in [-0.15, -0.1) is 0 Å². The molecule has 0 aromatic heterocycles. The highest BCUT2D eigenvalue weighted by molar-refractivity contribution is 6.26. The van der Waals surface area contributed by atoms with E-state index in [0.29, 0.717) is 18.0 Å². The molecule has 4 heteroatoms. The number of aryl methyl sites for hydroxylation is 1. The van der Waals surface area contributed by atoms with E-state index < -0.39 is 5.41 Å². The van der Waals surface area contributed by atoms with Crippen molar-refractivity contribution in [2.45, 2.75) is 27.7 Å². The van der Waals surface area contributed by atoms with Gasteiger partial charge in [-0.3, -0.25) is 9.59 Å². The van der Waals surface area contributed by atoms with E-state index in [1.165, 1.54) is 4.90 Å². The van der Waals surface area contributed by atoms with Crippen LogP contribution in [0.5, 0.6) is 5.75 Å². The smallest absolute Gasteiger partial charge is 0.241 e. The minimum Gasteiger partial charge on any atom is -0.491 e. The Hall–Kier alpha value is -1.84. The monoisotopic (exact) mass is 285 g/mol. The normalized spacial score (nSPS) is 35.5. The van der Waals surface area contributed by atoms with Crippen LogP contribution in [0.2, 0.25) is 0 Å². The molecule has 110 valence electrons. The molecule has 0 N–H and O–H groups in total.